The summed E-state index contributed by atoms with van der Waals surface area (Å²) in [7, 11) is 2.00. The van der Waals surface area contributed by atoms with Crippen molar-refractivity contribution in [2.45, 2.75) is 25.3 Å². The van der Waals surface area contributed by atoms with Crippen LogP contribution in [0.1, 0.15) is 19.3 Å². The largest absolute Gasteiger partial charge is 0.313 e. The highest BCUT2D eigenvalue weighted by Crippen LogP contribution is 2.29. The molecule has 1 N–H and O–H groups in total. The molecule has 0 heterocycles. The highest BCUT2D eigenvalue weighted by atomic mass is 14.9. The van der Waals surface area contributed by atoms with Crippen LogP contribution in [0.4, 0.5) is 0 Å². The van der Waals surface area contributed by atoms with Gasteiger partial charge in [0.25, 0.3) is 0 Å². The second kappa shape index (κ2) is 3.02. The molecule has 0 amide bonds. The number of hydrogen-bond acceptors (Lipinski definition) is 1. The van der Waals surface area contributed by atoms with Crippen molar-refractivity contribution in [3.05, 3.63) is 12.7 Å². The molecule has 1 rings (SSSR count). The van der Waals surface area contributed by atoms with Crippen molar-refractivity contribution in [3.63, 3.8) is 0 Å². The van der Waals surface area contributed by atoms with E-state index in [1.165, 1.54) is 19.3 Å². The summed E-state index contributed by atoms with van der Waals surface area (Å²) in [6.45, 7) is 3.77. The lowest BCUT2D eigenvalue weighted by Gasteiger charge is -2.31. The van der Waals surface area contributed by atoms with E-state index in [0.29, 0.717) is 6.04 Å². The first-order chi connectivity index (χ1) is 4.38. The molecule has 0 saturated heterocycles. The highest BCUT2D eigenvalue weighted by Gasteiger charge is 2.23. The summed E-state index contributed by atoms with van der Waals surface area (Å²) in [5.41, 5.74) is 0. The Bertz CT molecular complexity index is 94.7. The van der Waals surface area contributed by atoms with Gasteiger partial charge in [-0.1, -0.05) is 12.5 Å². The number of likely N-dealkylation sites (N-methyl/N-ethyl adjacent to an activating group) is 1. The van der Waals surface area contributed by atoms with Crippen LogP contribution < -0.4 is 5.32 Å². The van der Waals surface area contributed by atoms with Crippen LogP contribution in [0.2, 0.25) is 0 Å². The second-order valence-electron chi connectivity index (χ2n) is 2.74. The first kappa shape index (κ1) is 6.81. The molecule has 1 aliphatic carbocycles. The fourth-order valence-electron chi connectivity index (χ4n) is 1.34. The van der Waals surface area contributed by atoms with E-state index < -0.39 is 0 Å². The van der Waals surface area contributed by atoms with Crippen molar-refractivity contribution in [2.24, 2.45) is 5.92 Å². The Balaban J connectivity index is 2.27. The fraction of sp³-hybridized carbons (Fsp3) is 0.750. The molecule has 0 aromatic carbocycles. The molecule has 1 unspecified atom stereocenters. The lowest BCUT2D eigenvalue weighted by Crippen LogP contribution is -2.35. The summed E-state index contributed by atoms with van der Waals surface area (Å²) >= 11 is 0. The summed E-state index contributed by atoms with van der Waals surface area (Å²) < 4.78 is 0. The zero-order chi connectivity index (χ0) is 6.69. The standard InChI is InChI=1S/C8H15N/c1-3-8(9-2)7-5-4-6-7/h3,7-9H,1,4-6H2,2H3. The molecule has 1 aliphatic rings. The molecule has 0 bridgehead atoms. The van der Waals surface area contributed by atoms with Crippen molar-refractivity contribution in [1.82, 2.24) is 5.32 Å². The third kappa shape index (κ3) is 1.33. The highest BCUT2D eigenvalue weighted by molar-refractivity contribution is 4.93. The van der Waals surface area contributed by atoms with Gasteiger partial charge in [-0.3, -0.25) is 0 Å². The first-order valence-corrected chi connectivity index (χ1v) is 3.68. The van der Waals surface area contributed by atoms with Crippen molar-refractivity contribution in [1.29, 1.82) is 0 Å². The van der Waals surface area contributed by atoms with Gasteiger partial charge in [0.15, 0.2) is 0 Å². The van der Waals surface area contributed by atoms with Gasteiger partial charge in [-0.2, -0.15) is 0 Å². The lowest BCUT2D eigenvalue weighted by atomic mass is 9.80. The molecule has 1 nitrogen and oxygen atoms in total. The van der Waals surface area contributed by atoms with Gasteiger partial charge >= 0.3 is 0 Å². The van der Waals surface area contributed by atoms with E-state index >= 15 is 0 Å². The van der Waals surface area contributed by atoms with E-state index in [4.69, 9.17) is 0 Å². The minimum atomic E-state index is 0.568. The smallest absolute Gasteiger partial charge is 0.0272 e. The topological polar surface area (TPSA) is 12.0 Å². The van der Waals surface area contributed by atoms with Crippen LogP contribution in [-0.4, -0.2) is 13.1 Å². The molecule has 1 fully saturated rings. The number of rotatable bonds is 3. The number of nitrogens with one attached hydrogen (secondary N) is 1. The molecule has 0 aromatic heterocycles. The Kier molecular flexibility index (Phi) is 2.29. The SMILES string of the molecule is C=CC(NC)C1CCC1. The third-order valence-corrected chi connectivity index (χ3v) is 2.24. The van der Waals surface area contributed by atoms with E-state index in [1.54, 1.807) is 0 Å². The molecular weight excluding hydrogens is 110 g/mol. The van der Waals surface area contributed by atoms with E-state index in [-0.39, 0.29) is 0 Å². The zero-order valence-corrected chi connectivity index (χ0v) is 6.06. The second-order valence-corrected chi connectivity index (χ2v) is 2.74. The Morgan fingerprint density at radius 3 is 2.44 bits per heavy atom. The fourth-order valence-corrected chi connectivity index (χ4v) is 1.34. The minimum absolute atomic E-state index is 0.568. The average molecular weight is 125 g/mol. The first-order valence-electron chi connectivity index (χ1n) is 3.68. The van der Waals surface area contributed by atoms with Gasteiger partial charge < -0.3 is 5.32 Å². The Morgan fingerprint density at radius 1 is 1.67 bits per heavy atom. The van der Waals surface area contributed by atoms with E-state index in [1.807, 2.05) is 13.1 Å². The maximum atomic E-state index is 3.77. The van der Waals surface area contributed by atoms with Crippen LogP contribution in [0.5, 0.6) is 0 Å². The summed E-state index contributed by atoms with van der Waals surface area (Å²) in [4.78, 5) is 0. The maximum Gasteiger partial charge on any atom is 0.0272 e. The van der Waals surface area contributed by atoms with Gasteiger partial charge in [-0.15, -0.1) is 6.58 Å². The molecule has 0 aromatic rings. The number of hydrogen-bond donors (Lipinski definition) is 1. The lowest BCUT2D eigenvalue weighted by molar-refractivity contribution is 0.267. The van der Waals surface area contributed by atoms with Gasteiger partial charge in [0.2, 0.25) is 0 Å². The molecule has 9 heavy (non-hydrogen) atoms. The summed E-state index contributed by atoms with van der Waals surface area (Å²) in [6, 6.07) is 0.568. The van der Waals surface area contributed by atoms with Gasteiger partial charge in [0.05, 0.1) is 0 Å². The molecule has 0 aliphatic heterocycles. The predicted octanol–water partition coefficient (Wildman–Crippen LogP) is 1.56. The van der Waals surface area contributed by atoms with Crippen LogP contribution in [0.15, 0.2) is 12.7 Å². The van der Waals surface area contributed by atoms with Crippen LogP contribution in [0, 0.1) is 5.92 Å². The maximum absolute atomic E-state index is 3.77. The molecular formula is C8H15N. The third-order valence-electron chi connectivity index (χ3n) is 2.24. The minimum Gasteiger partial charge on any atom is -0.313 e. The Hall–Kier alpha value is -0.300. The van der Waals surface area contributed by atoms with E-state index in [2.05, 4.69) is 11.9 Å². The van der Waals surface area contributed by atoms with Gasteiger partial charge in [0, 0.05) is 6.04 Å². The molecule has 1 atom stereocenters. The zero-order valence-electron chi connectivity index (χ0n) is 6.06. The summed E-state index contributed by atoms with van der Waals surface area (Å²) in [5, 5.41) is 3.24. The van der Waals surface area contributed by atoms with Crippen molar-refractivity contribution < 1.29 is 0 Å². The molecule has 1 saturated carbocycles. The van der Waals surface area contributed by atoms with Crippen molar-refractivity contribution >= 4 is 0 Å². The summed E-state index contributed by atoms with van der Waals surface area (Å²) in [6.07, 6.45) is 6.20. The quantitative estimate of drug-likeness (QED) is 0.564. The summed E-state index contributed by atoms with van der Waals surface area (Å²) in [5.74, 6) is 0.882. The normalized spacial score (nSPS) is 22.8. The molecule has 0 radical (unpaired) electrons. The molecule has 0 spiro atoms. The predicted molar refractivity (Wildman–Crippen MR) is 40.4 cm³/mol. The van der Waals surface area contributed by atoms with E-state index in [0.717, 1.165) is 5.92 Å². The van der Waals surface area contributed by atoms with Crippen LogP contribution in [0.25, 0.3) is 0 Å². The van der Waals surface area contributed by atoms with Gasteiger partial charge in [-0.05, 0) is 25.8 Å². The van der Waals surface area contributed by atoms with Crippen LogP contribution in [0.3, 0.4) is 0 Å². The van der Waals surface area contributed by atoms with Gasteiger partial charge in [0.1, 0.15) is 0 Å². The Morgan fingerprint density at radius 2 is 2.33 bits per heavy atom. The van der Waals surface area contributed by atoms with Crippen LogP contribution >= 0.6 is 0 Å². The monoisotopic (exact) mass is 125 g/mol. The van der Waals surface area contributed by atoms with Gasteiger partial charge in [-0.25, -0.2) is 0 Å². The van der Waals surface area contributed by atoms with E-state index in [9.17, 15) is 0 Å². The molecule has 52 valence electrons. The molecule has 1 heteroatoms. The Labute approximate surface area is 57.1 Å². The van der Waals surface area contributed by atoms with Crippen LogP contribution in [-0.2, 0) is 0 Å². The van der Waals surface area contributed by atoms with Crippen molar-refractivity contribution in [2.75, 3.05) is 7.05 Å². The van der Waals surface area contributed by atoms with Crippen molar-refractivity contribution in [3.8, 4) is 0 Å². The average Bonchev–Trinajstić information content (AvgIpc) is 1.78.